The van der Waals surface area contributed by atoms with Crippen molar-refractivity contribution in [1.82, 2.24) is 9.80 Å². The van der Waals surface area contributed by atoms with E-state index in [2.05, 4.69) is 0 Å². The van der Waals surface area contributed by atoms with Crippen molar-refractivity contribution < 1.29 is 14.3 Å². The standard InChI is InChI=1S/C25H20N2O3S/c1-26-20(14-17-12-13-21-22(15-17)30-16-29-21)24(28)27(25(26)31)23(18-8-4-2-5-9-18)19-10-6-3-7-11-19/h2-15,23H,16H2,1H3/b20-14+. The highest BCUT2D eigenvalue weighted by molar-refractivity contribution is 7.80. The summed E-state index contributed by atoms with van der Waals surface area (Å²) in [6, 6.07) is 25.2. The van der Waals surface area contributed by atoms with Crippen LogP contribution in [0.2, 0.25) is 0 Å². The van der Waals surface area contributed by atoms with Gasteiger partial charge in [0.25, 0.3) is 5.91 Å². The highest BCUT2D eigenvalue weighted by Crippen LogP contribution is 2.37. The van der Waals surface area contributed by atoms with Crippen molar-refractivity contribution in [3.8, 4) is 11.5 Å². The van der Waals surface area contributed by atoms with Crippen molar-refractivity contribution in [2.24, 2.45) is 0 Å². The van der Waals surface area contributed by atoms with Crippen LogP contribution in [0.5, 0.6) is 11.5 Å². The molecule has 0 spiro atoms. The van der Waals surface area contributed by atoms with Crippen LogP contribution >= 0.6 is 12.2 Å². The number of carbonyl (C=O) groups excluding carboxylic acids is 1. The fraction of sp³-hybridized carbons (Fsp3) is 0.120. The summed E-state index contributed by atoms with van der Waals surface area (Å²) in [5.41, 5.74) is 3.37. The zero-order chi connectivity index (χ0) is 21.4. The van der Waals surface area contributed by atoms with Gasteiger partial charge in [0.1, 0.15) is 5.70 Å². The van der Waals surface area contributed by atoms with Gasteiger partial charge in [-0.25, -0.2) is 0 Å². The van der Waals surface area contributed by atoms with Gasteiger partial charge < -0.3 is 14.4 Å². The van der Waals surface area contributed by atoms with E-state index in [0.717, 1.165) is 16.7 Å². The number of carbonyl (C=O) groups is 1. The van der Waals surface area contributed by atoms with Crippen molar-refractivity contribution in [2.75, 3.05) is 13.8 Å². The quantitative estimate of drug-likeness (QED) is 0.449. The molecule has 0 atom stereocenters. The Kier molecular flexibility index (Phi) is 4.92. The van der Waals surface area contributed by atoms with Crippen LogP contribution in [0.3, 0.4) is 0 Å². The summed E-state index contributed by atoms with van der Waals surface area (Å²) in [6.07, 6.45) is 1.84. The minimum absolute atomic E-state index is 0.136. The maximum atomic E-state index is 13.6. The van der Waals surface area contributed by atoms with Gasteiger partial charge in [-0.3, -0.25) is 9.69 Å². The van der Waals surface area contributed by atoms with Crippen molar-refractivity contribution >= 4 is 29.3 Å². The van der Waals surface area contributed by atoms with Crippen LogP contribution in [0.1, 0.15) is 22.7 Å². The molecule has 1 saturated heterocycles. The number of amides is 1. The Morgan fingerprint density at radius 3 is 2.16 bits per heavy atom. The first kappa shape index (κ1) is 19.3. The molecule has 1 amide bonds. The minimum Gasteiger partial charge on any atom is -0.454 e. The predicted molar refractivity (Wildman–Crippen MR) is 122 cm³/mol. The summed E-state index contributed by atoms with van der Waals surface area (Å²) in [7, 11) is 1.83. The second-order valence-corrected chi connectivity index (χ2v) is 7.75. The van der Waals surface area contributed by atoms with Crippen LogP contribution in [0.25, 0.3) is 6.08 Å². The molecule has 31 heavy (non-hydrogen) atoms. The zero-order valence-electron chi connectivity index (χ0n) is 16.9. The molecule has 3 aromatic rings. The Bertz CT molecular complexity index is 1140. The third-order valence-corrected chi connectivity index (χ3v) is 5.95. The molecule has 0 bridgehead atoms. The van der Waals surface area contributed by atoms with Gasteiger partial charge in [-0.05, 0) is 47.1 Å². The van der Waals surface area contributed by atoms with E-state index in [-0.39, 0.29) is 18.7 Å². The van der Waals surface area contributed by atoms with Gasteiger partial charge in [0.05, 0.1) is 6.04 Å². The lowest BCUT2D eigenvalue weighted by atomic mass is 9.97. The minimum atomic E-state index is -0.312. The average molecular weight is 429 g/mol. The number of ether oxygens (including phenoxy) is 2. The zero-order valence-corrected chi connectivity index (χ0v) is 17.7. The lowest BCUT2D eigenvalue weighted by Gasteiger charge is -2.28. The molecule has 5 nitrogen and oxygen atoms in total. The van der Waals surface area contributed by atoms with Crippen LogP contribution in [0, 0.1) is 0 Å². The molecule has 1 fully saturated rings. The van der Waals surface area contributed by atoms with Gasteiger partial charge in [-0.15, -0.1) is 0 Å². The van der Waals surface area contributed by atoms with Crippen molar-refractivity contribution in [1.29, 1.82) is 0 Å². The lowest BCUT2D eigenvalue weighted by Crippen LogP contribution is -2.35. The molecular formula is C25H20N2O3S. The maximum absolute atomic E-state index is 13.6. The number of hydrogen-bond donors (Lipinski definition) is 0. The van der Waals surface area contributed by atoms with Crippen molar-refractivity contribution in [3.05, 3.63) is 101 Å². The third kappa shape index (κ3) is 3.45. The first-order valence-corrected chi connectivity index (χ1v) is 10.4. The van der Waals surface area contributed by atoms with Gasteiger partial charge in [0.15, 0.2) is 16.6 Å². The normalized spacial score (nSPS) is 16.6. The van der Waals surface area contributed by atoms with E-state index in [1.54, 1.807) is 9.80 Å². The molecular weight excluding hydrogens is 408 g/mol. The van der Waals surface area contributed by atoms with Crippen molar-refractivity contribution in [2.45, 2.75) is 6.04 Å². The van der Waals surface area contributed by atoms with Crippen LogP contribution in [0.4, 0.5) is 0 Å². The highest BCUT2D eigenvalue weighted by Gasteiger charge is 2.41. The summed E-state index contributed by atoms with van der Waals surface area (Å²) in [5.74, 6) is 1.25. The summed E-state index contributed by atoms with van der Waals surface area (Å²) in [5, 5.41) is 0.467. The Morgan fingerprint density at radius 2 is 1.52 bits per heavy atom. The Balaban J connectivity index is 1.56. The van der Waals surface area contributed by atoms with Crippen LogP contribution in [-0.4, -0.2) is 34.7 Å². The van der Waals surface area contributed by atoms with E-state index in [1.807, 2.05) is 92.0 Å². The lowest BCUT2D eigenvalue weighted by molar-refractivity contribution is -0.123. The molecule has 2 heterocycles. The molecule has 0 unspecified atom stereocenters. The third-order valence-electron chi connectivity index (χ3n) is 5.48. The molecule has 154 valence electrons. The molecule has 0 aliphatic carbocycles. The number of benzene rings is 3. The van der Waals surface area contributed by atoms with Crippen LogP contribution in [-0.2, 0) is 4.79 Å². The van der Waals surface area contributed by atoms with Gasteiger partial charge >= 0.3 is 0 Å². The number of nitrogens with zero attached hydrogens (tertiary/aromatic N) is 2. The number of fused-ring (bicyclic) bond motifs is 1. The number of rotatable bonds is 4. The van der Waals surface area contributed by atoms with E-state index in [9.17, 15) is 4.79 Å². The van der Waals surface area contributed by atoms with E-state index < -0.39 is 0 Å². The van der Waals surface area contributed by atoms with Gasteiger partial charge in [-0.1, -0.05) is 66.7 Å². The molecule has 5 rings (SSSR count). The fourth-order valence-corrected chi connectivity index (χ4v) is 4.21. The van der Waals surface area contributed by atoms with Crippen LogP contribution in [0.15, 0.2) is 84.6 Å². The summed E-state index contributed by atoms with van der Waals surface area (Å²) in [4.78, 5) is 17.1. The van der Waals surface area contributed by atoms with Gasteiger partial charge in [0.2, 0.25) is 6.79 Å². The predicted octanol–water partition coefficient (Wildman–Crippen LogP) is 4.60. The monoisotopic (exact) mass is 428 g/mol. The molecule has 0 radical (unpaired) electrons. The Hall–Kier alpha value is -3.64. The second kappa shape index (κ2) is 7.89. The first-order valence-electron chi connectivity index (χ1n) is 9.96. The molecule has 3 aromatic carbocycles. The smallest absolute Gasteiger partial charge is 0.277 e. The molecule has 0 N–H and O–H groups in total. The number of hydrogen-bond acceptors (Lipinski definition) is 4. The largest absolute Gasteiger partial charge is 0.454 e. The van der Waals surface area contributed by atoms with E-state index >= 15 is 0 Å². The molecule has 0 aromatic heterocycles. The van der Waals surface area contributed by atoms with E-state index in [0.29, 0.717) is 22.3 Å². The first-order chi connectivity index (χ1) is 15.1. The number of thiocarbonyl (C=S) groups is 1. The molecule has 2 aliphatic rings. The summed E-state index contributed by atoms with van der Waals surface area (Å²) in [6.45, 7) is 0.210. The maximum Gasteiger partial charge on any atom is 0.277 e. The molecule has 6 heteroatoms. The van der Waals surface area contributed by atoms with E-state index in [1.165, 1.54) is 0 Å². The van der Waals surface area contributed by atoms with Crippen LogP contribution < -0.4 is 9.47 Å². The van der Waals surface area contributed by atoms with Gasteiger partial charge in [-0.2, -0.15) is 0 Å². The fourth-order valence-electron chi connectivity index (χ4n) is 3.93. The van der Waals surface area contributed by atoms with E-state index in [4.69, 9.17) is 21.7 Å². The second-order valence-electron chi connectivity index (χ2n) is 7.38. The highest BCUT2D eigenvalue weighted by atomic mass is 32.1. The topological polar surface area (TPSA) is 42.0 Å². The number of likely N-dealkylation sites (N-methyl/N-ethyl adjacent to an activating group) is 1. The van der Waals surface area contributed by atoms with Gasteiger partial charge in [0, 0.05) is 7.05 Å². The summed E-state index contributed by atoms with van der Waals surface area (Å²) >= 11 is 5.73. The molecule has 2 aliphatic heterocycles. The van der Waals surface area contributed by atoms with Crippen molar-refractivity contribution in [3.63, 3.8) is 0 Å². The summed E-state index contributed by atoms with van der Waals surface area (Å²) < 4.78 is 10.8. The Morgan fingerprint density at radius 1 is 0.903 bits per heavy atom. The average Bonchev–Trinajstić information content (AvgIpc) is 3.35. The Labute approximate surface area is 186 Å². The SMILES string of the molecule is CN1C(=S)N(C(c2ccccc2)c2ccccc2)C(=O)/C1=C\c1ccc2c(c1)OCO2. The molecule has 0 saturated carbocycles.